The molecule has 0 aliphatic heterocycles. The summed E-state index contributed by atoms with van der Waals surface area (Å²) in [5, 5.41) is 13.0. The van der Waals surface area contributed by atoms with Crippen LogP contribution < -0.4 is 10.6 Å². The number of amides is 2. The van der Waals surface area contributed by atoms with Crippen LogP contribution in [0.3, 0.4) is 0 Å². The van der Waals surface area contributed by atoms with Crippen molar-refractivity contribution in [2.24, 2.45) is 0 Å². The Morgan fingerprint density at radius 3 is 2.71 bits per heavy atom. The van der Waals surface area contributed by atoms with Gasteiger partial charge >= 0.3 is 0 Å². The number of nitrogens with one attached hydrogen (secondary N) is 2. The van der Waals surface area contributed by atoms with Gasteiger partial charge in [-0.1, -0.05) is 0 Å². The van der Waals surface area contributed by atoms with Gasteiger partial charge in [-0.3, -0.25) is 14.3 Å². The average Bonchev–Trinajstić information content (AvgIpc) is 3.05. The van der Waals surface area contributed by atoms with Crippen molar-refractivity contribution in [3.63, 3.8) is 0 Å². The van der Waals surface area contributed by atoms with Crippen molar-refractivity contribution in [1.82, 2.24) is 15.1 Å². The molecule has 2 N–H and O–H groups in total. The first-order valence-electron chi connectivity index (χ1n) is 6.51. The van der Waals surface area contributed by atoms with Crippen LogP contribution in [0.25, 0.3) is 0 Å². The van der Waals surface area contributed by atoms with Crippen LogP contribution in [0.2, 0.25) is 0 Å². The number of aromatic nitrogens is 2. The largest absolute Gasteiger partial charge is 0.343 e. The molecule has 0 radical (unpaired) electrons. The molecule has 0 aliphatic rings. The van der Waals surface area contributed by atoms with Crippen LogP contribution in [0.15, 0.2) is 29.2 Å². The van der Waals surface area contributed by atoms with Gasteiger partial charge in [0.25, 0.3) is 5.91 Å². The molecule has 0 aliphatic carbocycles. The highest BCUT2D eigenvalue weighted by molar-refractivity contribution is 7.08. The van der Waals surface area contributed by atoms with E-state index < -0.39 is 0 Å². The highest BCUT2D eigenvalue weighted by Crippen LogP contribution is 2.15. The maximum atomic E-state index is 11.8. The molecule has 0 bridgehead atoms. The Bertz CT molecular complexity index is 626. The molecule has 2 aromatic heterocycles. The molecule has 7 heteroatoms. The second-order valence-corrected chi connectivity index (χ2v) is 6.37. The van der Waals surface area contributed by atoms with Gasteiger partial charge in [-0.2, -0.15) is 16.4 Å². The number of thiophene rings is 1. The summed E-state index contributed by atoms with van der Waals surface area (Å²) in [6.45, 7) is 5.99. The van der Waals surface area contributed by atoms with E-state index >= 15 is 0 Å². The van der Waals surface area contributed by atoms with E-state index in [0.29, 0.717) is 11.3 Å². The van der Waals surface area contributed by atoms with Crippen LogP contribution >= 0.6 is 11.3 Å². The summed E-state index contributed by atoms with van der Waals surface area (Å²) in [4.78, 5) is 23.5. The second kappa shape index (κ2) is 6.09. The topological polar surface area (TPSA) is 76.0 Å². The number of hydrogen-bond donors (Lipinski definition) is 2. The normalized spacial score (nSPS) is 11.2. The number of carbonyl (C=O) groups is 2. The molecule has 2 rings (SSSR count). The Hall–Kier alpha value is -2.15. The minimum Gasteiger partial charge on any atom is -0.343 e. The zero-order valence-corrected chi connectivity index (χ0v) is 13.0. The number of anilines is 1. The third kappa shape index (κ3) is 4.16. The molecule has 2 aromatic rings. The molecule has 2 heterocycles. The summed E-state index contributed by atoms with van der Waals surface area (Å²) >= 11 is 1.44. The van der Waals surface area contributed by atoms with Crippen molar-refractivity contribution in [3.8, 4) is 0 Å². The maximum absolute atomic E-state index is 11.8. The van der Waals surface area contributed by atoms with Crippen LogP contribution in [-0.2, 0) is 10.3 Å². The number of nitrogens with zero attached hydrogens (tertiary/aromatic N) is 2. The van der Waals surface area contributed by atoms with Crippen molar-refractivity contribution < 1.29 is 9.59 Å². The van der Waals surface area contributed by atoms with Crippen LogP contribution in [0, 0.1) is 0 Å². The van der Waals surface area contributed by atoms with Crippen LogP contribution in [0.4, 0.5) is 5.69 Å². The van der Waals surface area contributed by atoms with E-state index in [4.69, 9.17) is 0 Å². The van der Waals surface area contributed by atoms with Gasteiger partial charge in [-0.15, -0.1) is 0 Å². The molecule has 0 saturated carbocycles. The first-order chi connectivity index (χ1) is 9.86. The lowest BCUT2D eigenvalue weighted by molar-refractivity contribution is -0.115. The summed E-state index contributed by atoms with van der Waals surface area (Å²) in [6, 6.07) is 1.71. The van der Waals surface area contributed by atoms with Gasteiger partial charge < -0.3 is 10.6 Å². The van der Waals surface area contributed by atoms with E-state index in [0.717, 1.165) is 0 Å². The van der Waals surface area contributed by atoms with Gasteiger partial charge in [0.05, 0.1) is 24.0 Å². The molecule has 0 atom stereocenters. The zero-order valence-electron chi connectivity index (χ0n) is 12.2. The van der Waals surface area contributed by atoms with Gasteiger partial charge in [0.15, 0.2) is 0 Å². The fourth-order valence-corrected chi connectivity index (χ4v) is 2.25. The molecule has 0 aromatic carbocycles. The Morgan fingerprint density at radius 2 is 2.14 bits per heavy atom. The third-order valence-corrected chi connectivity index (χ3v) is 3.43. The van der Waals surface area contributed by atoms with E-state index in [2.05, 4.69) is 15.7 Å². The molecule has 112 valence electrons. The fourth-order valence-electron chi connectivity index (χ4n) is 1.62. The quantitative estimate of drug-likeness (QED) is 0.908. The molecule has 0 unspecified atom stereocenters. The van der Waals surface area contributed by atoms with E-state index in [1.54, 1.807) is 28.5 Å². The monoisotopic (exact) mass is 306 g/mol. The van der Waals surface area contributed by atoms with Crippen molar-refractivity contribution in [2.45, 2.75) is 26.3 Å². The van der Waals surface area contributed by atoms with E-state index in [1.807, 2.05) is 26.2 Å². The molecule has 21 heavy (non-hydrogen) atoms. The van der Waals surface area contributed by atoms with E-state index in [-0.39, 0.29) is 23.9 Å². The average molecular weight is 306 g/mol. The third-order valence-electron chi connectivity index (χ3n) is 2.75. The molecule has 6 nitrogen and oxygen atoms in total. The SMILES string of the molecule is CC(C)(C)n1cc(NC(=O)CNC(=O)c2ccsc2)cn1. The lowest BCUT2D eigenvalue weighted by Crippen LogP contribution is -2.32. The zero-order chi connectivity index (χ0) is 15.5. The van der Waals surface area contributed by atoms with Gasteiger partial charge in [0.1, 0.15) is 0 Å². The van der Waals surface area contributed by atoms with Gasteiger partial charge in [-0.25, -0.2) is 0 Å². The predicted octanol–water partition coefficient (Wildman–Crippen LogP) is 2.07. The Kier molecular flexibility index (Phi) is 4.42. The van der Waals surface area contributed by atoms with Crippen molar-refractivity contribution in [2.75, 3.05) is 11.9 Å². The van der Waals surface area contributed by atoms with Gasteiger partial charge in [-0.05, 0) is 32.2 Å². The Morgan fingerprint density at radius 1 is 1.38 bits per heavy atom. The molecule has 0 spiro atoms. The predicted molar refractivity (Wildman–Crippen MR) is 82.5 cm³/mol. The first kappa shape index (κ1) is 15.2. The highest BCUT2D eigenvalue weighted by atomic mass is 32.1. The van der Waals surface area contributed by atoms with E-state index in [1.165, 1.54) is 11.3 Å². The maximum Gasteiger partial charge on any atom is 0.252 e. The summed E-state index contributed by atoms with van der Waals surface area (Å²) < 4.78 is 1.77. The van der Waals surface area contributed by atoms with Crippen LogP contribution in [0.5, 0.6) is 0 Å². The fraction of sp³-hybridized carbons (Fsp3) is 0.357. The van der Waals surface area contributed by atoms with E-state index in [9.17, 15) is 9.59 Å². The Labute approximate surface area is 127 Å². The molecule has 0 fully saturated rings. The Balaban J connectivity index is 1.85. The summed E-state index contributed by atoms with van der Waals surface area (Å²) in [6.07, 6.45) is 3.35. The van der Waals surface area contributed by atoms with Crippen molar-refractivity contribution in [3.05, 3.63) is 34.8 Å². The van der Waals surface area contributed by atoms with Gasteiger partial charge in [0, 0.05) is 17.1 Å². The minimum absolute atomic E-state index is 0.0740. The molecular weight excluding hydrogens is 288 g/mol. The summed E-state index contributed by atoms with van der Waals surface area (Å²) in [7, 11) is 0. The number of hydrogen-bond acceptors (Lipinski definition) is 4. The minimum atomic E-state index is -0.285. The van der Waals surface area contributed by atoms with Crippen LogP contribution in [0.1, 0.15) is 31.1 Å². The molecule has 2 amide bonds. The van der Waals surface area contributed by atoms with Crippen LogP contribution in [-0.4, -0.2) is 28.1 Å². The lowest BCUT2D eigenvalue weighted by Gasteiger charge is -2.18. The lowest BCUT2D eigenvalue weighted by atomic mass is 10.1. The standard InChI is InChI=1S/C14H18N4O2S/c1-14(2,3)18-8-11(6-16-18)17-12(19)7-15-13(20)10-4-5-21-9-10/h4-6,8-9H,7H2,1-3H3,(H,15,20)(H,17,19). The summed E-state index contributed by atoms with van der Waals surface area (Å²) in [5.41, 5.74) is 1.03. The molecule has 0 saturated heterocycles. The summed E-state index contributed by atoms with van der Waals surface area (Å²) in [5.74, 6) is -0.538. The van der Waals surface area contributed by atoms with Crippen molar-refractivity contribution >= 4 is 28.8 Å². The second-order valence-electron chi connectivity index (χ2n) is 5.59. The highest BCUT2D eigenvalue weighted by Gasteiger charge is 2.15. The smallest absolute Gasteiger partial charge is 0.252 e. The van der Waals surface area contributed by atoms with Gasteiger partial charge in [0.2, 0.25) is 5.91 Å². The number of carbonyl (C=O) groups excluding carboxylic acids is 2. The first-order valence-corrected chi connectivity index (χ1v) is 7.46. The molecular formula is C14H18N4O2S. The number of rotatable bonds is 4. The van der Waals surface area contributed by atoms with Crippen molar-refractivity contribution in [1.29, 1.82) is 0 Å².